The Morgan fingerprint density at radius 3 is 2.00 bits per heavy atom. The monoisotopic (exact) mass is 258 g/mol. The standard InChI is InChI=1S/C7H12ClO6P/c1-5(6(8)7(9)11-2)14-15(10,12-3)13-4/h1-4H3. The van der Waals surface area contributed by atoms with Crippen molar-refractivity contribution in [1.29, 1.82) is 0 Å². The van der Waals surface area contributed by atoms with Crippen molar-refractivity contribution in [2.45, 2.75) is 6.92 Å². The van der Waals surface area contributed by atoms with E-state index in [1.165, 1.54) is 6.92 Å². The minimum absolute atomic E-state index is 0.101. The molecule has 6 nitrogen and oxygen atoms in total. The molecule has 15 heavy (non-hydrogen) atoms. The van der Waals surface area contributed by atoms with Crippen molar-refractivity contribution in [3.63, 3.8) is 0 Å². The zero-order chi connectivity index (χ0) is 12.1. The minimum Gasteiger partial charge on any atom is -0.465 e. The number of hydrogen-bond acceptors (Lipinski definition) is 6. The normalized spacial score (nSPS) is 13.1. The van der Waals surface area contributed by atoms with E-state index in [0.717, 1.165) is 21.3 Å². The molecular formula is C7H12ClO6P. The molecule has 0 aromatic rings. The molecule has 0 fully saturated rings. The lowest BCUT2D eigenvalue weighted by molar-refractivity contribution is -0.135. The van der Waals surface area contributed by atoms with Crippen LogP contribution in [0.15, 0.2) is 10.8 Å². The second-order valence-electron chi connectivity index (χ2n) is 2.27. The zero-order valence-electron chi connectivity index (χ0n) is 8.77. The summed E-state index contributed by atoms with van der Waals surface area (Å²) in [7, 11) is -0.250. The first-order valence-electron chi connectivity index (χ1n) is 3.76. The van der Waals surface area contributed by atoms with Crippen LogP contribution in [0.4, 0.5) is 0 Å². The number of phosphoric acid groups is 1. The second-order valence-corrected chi connectivity index (χ2v) is 4.45. The van der Waals surface area contributed by atoms with Gasteiger partial charge in [0.2, 0.25) is 0 Å². The highest BCUT2D eigenvalue weighted by atomic mass is 35.5. The molecule has 0 aliphatic rings. The molecule has 0 radical (unpaired) electrons. The predicted molar refractivity (Wildman–Crippen MR) is 53.3 cm³/mol. The van der Waals surface area contributed by atoms with Gasteiger partial charge in [0.05, 0.1) is 7.11 Å². The summed E-state index contributed by atoms with van der Waals surface area (Å²) in [6.07, 6.45) is 0. The fourth-order valence-corrected chi connectivity index (χ4v) is 1.48. The van der Waals surface area contributed by atoms with Crippen LogP contribution < -0.4 is 0 Å². The average Bonchev–Trinajstić information content (AvgIpc) is 2.26. The lowest BCUT2D eigenvalue weighted by atomic mass is 10.5. The quantitative estimate of drug-likeness (QED) is 0.325. The van der Waals surface area contributed by atoms with Crippen molar-refractivity contribution in [3.05, 3.63) is 10.8 Å². The van der Waals surface area contributed by atoms with Crippen LogP contribution in [-0.2, 0) is 27.7 Å². The van der Waals surface area contributed by atoms with Gasteiger partial charge in [-0.05, 0) is 6.92 Å². The number of allylic oxidation sites excluding steroid dienone is 1. The fraction of sp³-hybridized carbons (Fsp3) is 0.571. The molecule has 0 spiro atoms. The van der Waals surface area contributed by atoms with Crippen molar-refractivity contribution in [2.24, 2.45) is 0 Å². The summed E-state index contributed by atoms with van der Waals surface area (Å²) in [5, 5.41) is -0.327. The summed E-state index contributed by atoms with van der Waals surface area (Å²) in [6, 6.07) is 0. The summed E-state index contributed by atoms with van der Waals surface area (Å²) in [5.41, 5.74) is 0. The van der Waals surface area contributed by atoms with Crippen molar-refractivity contribution >= 4 is 25.4 Å². The molecular weight excluding hydrogens is 246 g/mol. The summed E-state index contributed by atoms with van der Waals surface area (Å²) in [5.74, 6) is -0.900. The highest BCUT2D eigenvalue weighted by Gasteiger charge is 2.26. The van der Waals surface area contributed by atoms with Gasteiger partial charge in [-0.3, -0.25) is 9.05 Å². The van der Waals surface area contributed by atoms with Crippen LogP contribution in [0.5, 0.6) is 0 Å². The van der Waals surface area contributed by atoms with E-state index in [2.05, 4.69) is 13.8 Å². The van der Waals surface area contributed by atoms with Gasteiger partial charge in [0.25, 0.3) is 0 Å². The van der Waals surface area contributed by atoms with Gasteiger partial charge >= 0.3 is 13.8 Å². The Balaban J connectivity index is 4.80. The summed E-state index contributed by atoms with van der Waals surface area (Å²) >= 11 is 5.55. The number of halogens is 1. The first-order valence-corrected chi connectivity index (χ1v) is 5.59. The number of carbonyl (C=O) groups is 1. The first-order chi connectivity index (χ1) is 6.90. The largest absolute Gasteiger partial charge is 0.529 e. The number of methoxy groups -OCH3 is 1. The first kappa shape index (κ1) is 14.5. The Bertz CT molecular complexity index is 305. The van der Waals surface area contributed by atoms with E-state index in [-0.39, 0.29) is 10.8 Å². The third kappa shape index (κ3) is 4.22. The summed E-state index contributed by atoms with van der Waals surface area (Å²) < 4.78 is 29.6. The number of hydrogen-bond donors (Lipinski definition) is 0. The molecule has 0 aliphatic heterocycles. The smallest absolute Gasteiger partial charge is 0.465 e. The molecule has 0 aliphatic carbocycles. The molecule has 0 saturated heterocycles. The van der Waals surface area contributed by atoms with Crippen LogP contribution >= 0.6 is 19.4 Å². The van der Waals surface area contributed by atoms with Crippen molar-refractivity contribution in [3.8, 4) is 0 Å². The second kappa shape index (κ2) is 6.12. The van der Waals surface area contributed by atoms with E-state index in [9.17, 15) is 9.36 Å². The number of ether oxygens (including phenoxy) is 1. The molecule has 0 aromatic carbocycles. The third-order valence-corrected chi connectivity index (χ3v) is 3.18. The maximum Gasteiger partial charge on any atom is 0.529 e. The molecule has 88 valence electrons. The topological polar surface area (TPSA) is 71.1 Å². The van der Waals surface area contributed by atoms with Gasteiger partial charge in [-0.1, -0.05) is 11.6 Å². The Labute approximate surface area is 92.7 Å². The lowest BCUT2D eigenvalue weighted by Gasteiger charge is -2.14. The van der Waals surface area contributed by atoms with E-state index >= 15 is 0 Å². The molecule has 0 aromatic heterocycles. The Kier molecular flexibility index (Phi) is 5.90. The minimum atomic E-state index is -3.69. The number of carbonyl (C=O) groups excluding carboxylic acids is 1. The molecule has 0 rings (SSSR count). The fourth-order valence-electron chi connectivity index (χ4n) is 0.590. The highest BCUT2D eigenvalue weighted by molar-refractivity contribution is 7.48. The van der Waals surface area contributed by atoms with Crippen molar-refractivity contribution in [2.75, 3.05) is 21.3 Å². The Morgan fingerprint density at radius 2 is 1.67 bits per heavy atom. The van der Waals surface area contributed by atoms with Gasteiger partial charge in [0, 0.05) is 14.2 Å². The molecule has 0 saturated carbocycles. The van der Waals surface area contributed by atoms with Crippen LogP contribution in [0, 0.1) is 0 Å². The lowest BCUT2D eigenvalue weighted by Crippen LogP contribution is -2.04. The SMILES string of the molecule is COC(=O)C(Cl)=C(C)OP(=O)(OC)OC. The molecule has 0 unspecified atom stereocenters. The maximum absolute atomic E-state index is 11.5. The van der Waals surface area contributed by atoms with Crippen molar-refractivity contribution < 1.29 is 27.7 Å². The van der Waals surface area contributed by atoms with E-state index in [1.54, 1.807) is 0 Å². The molecule has 0 atom stereocenters. The van der Waals surface area contributed by atoms with Crippen LogP contribution in [0.25, 0.3) is 0 Å². The van der Waals surface area contributed by atoms with Gasteiger partial charge in [-0.25, -0.2) is 9.36 Å². The summed E-state index contributed by atoms with van der Waals surface area (Å²) in [4.78, 5) is 11.0. The van der Waals surface area contributed by atoms with E-state index in [1.807, 2.05) is 0 Å². The zero-order valence-corrected chi connectivity index (χ0v) is 10.4. The van der Waals surface area contributed by atoms with Crippen LogP contribution in [0.2, 0.25) is 0 Å². The highest BCUT2D eigenvalue weighted by Crippen LogP contribution is 2.50. The van der Waals surface area contributed by atoms with E-state index in [4.69, 9.17) is 16.1 Å². The van der Waals surface area contributed by atoms with Gasteiger partial charge in [0.15, 0.2) is 5.03 Å². The van der Waals surface area contributed by atoms with E-state index < -0.39 is 13.8 Å². The van der Waals surface area contributed by atoms with Gasteiger partial charge in [-0.2, -0.15) is 0 Å². The molecule has 0 amide bonds. The van der Waals surface area contributed by atoms with Crippen LogP contribution in [-0.4, -0.2) is 27.3 Å². The van der Waals surface area contributed by atoms with Gasteiger partial charge < -0.3 is 9.26 Å². The Hall–Kier alpha value is -0.550. The molecule has 0 N–H and O–H groups in total. The molecule has 0 bridgehead atoms. The average molecular weight is 259 g/mol. The van der Waals surface area contributed by atoms with Gasteiger partial charge in [-0.15, -0.1) is 0 Å². The molecule has 0 heterocycles. The third-order valence-electron chi connectivity index (χ3n) is 1.37. The molecule has 8 heteroatoms. The number of esters is 1. The predicted octanol–water partition coefficient (Wildman–Crippen LogP) is 2.05. The maximum atomic E-state index is 11.5. The van der Waals surface area contributed by atoms with Crippen LogP contribution in [0.1, 0.15) is 6.92 Å². The summed E-state index contributed by atoms with van der Waals surface area (Å²) in [6.45, 7) is 1.34. The number of phosphoric ester groups is 1. The Morgan fingerprint density at radius 1 is 1.20 bits per heavy atom. The number of rotatable bonds is 5. The van der Waals surface area contributed by atoms with Crippen LogP contribution in [0.3, 0.4) is 0 Å². The van der Waals surface area contributed by atoms with Crippen molar-refractivity contribution in [1.82, 2.24) is 0 Å². The van der Waals surface area contributed by atoms with Gasteiger partial charge in [0.1, 0.15) is 5.76 Å². The van der Waals surface area contributed by atoms with E-state index in [0.29, 0.717) is 0 Å².